The number of nitrogens with zero attached hydrogens (tertiary/aromatic N) is 1. The minimum absolute atomic E-state index is 0.0347. The summed E-state index contributed by atoms with van der Waals surface area (Å²) in [5.74, 6) is 0. The first-order chi connectivity index (χ1) is 3.42. The third kappa shape index (κ3) is 6.27. The van der Waals surface area contributed by atoms with Crippen LogP contribution in [0.3, 0.4) is 0 Å². The molecule has 0 aliphatic rings. The third-order valence-electron chi connectivity index (χ3n) is 0.528. The van der Waals surface area contributed by atoms with Crippen molar-refractivity contribution in [1.82, 2.24) is 4.90 Å². The molecule has 0 saturated heterocycles. The van der Waals surface area contributed by atoms with Gasteiger partial charge in [0.1, 0.15) is 0 Å². The van der Waals surface area contributed by atoms with Gasteiger partial charge in [-0.25, -0.2) is 0 Å². The fraction of sp³-hybridized carbons (Fsp3) is 1.00. The molecule has 0 rings (SSSR count). The van der Waals surface area contributed by atoms with Crippen LogP contribution in [0, 0.1) is 0 Å². The van der Waals surface area contributed by atoms with E-state index in [9.17, 15) is 0 Å². The van der Waals surface area contributed by atoms with Gasteiger partial charge in [-0.15, -0.1) is 0 Å². The van der Waals surface area contributed by atoms with Gasteiger partial charge >= 0.3 is 47.9 Å². The molecule has 0 aliphatic heterocycles. The van der Waals surface area contributed by atoms with Crippen molar-refractivity contribution in [3.05, 3.63) is 0 Å². The Kier molecular flexibility index (Phi) is 2.80. The van der Waals surface area contributed by atoms with Crippen molar-refractivity contribution >= 4 is 7.94 Å². The van der Waals surface area contributed by atoms with E-state index in [2.05, 4.69) is 0 Å². The van der Waals surface area contributed by atoms with E-state index in [0.29, 0.717) is 0 Å². The summed E-state index contributed by atoms with van der Waals surface area (Å²) < 4.78 is 0. The second kappa shape index (κ2) is 2.71. The topological polar surface area (TPSA) is 63.9 Å². The summed E-state index contributed by atoms with van der Waals surface area (Å²) in [4.78, 5) is 26.7. The van der Waals surface area contributed by atoms with Gasteiger partial charge < -0.3 is 0 Å². The predicted molar refractivity (Wildman–Crippen MR) is 33.5 cm³/mol. The van der Waals surface area contributed by atoms with E-state index in [1.165, 1.54) is 4.90 Å². The average Bonchev–Trinajstić information content (AvgIpc) is 1.21. The summed E-state index contributed by atoms with van der Waals surface area (Å²) in [6.07, 6.45) is -0.0347. The van der Waals surface area contributed by atoms with E-state index in [4.69, 9.17) is 14.7 Å². The van der Waals surface area contributed by atoms with Crippen molar-refractivity contribution in [1.29, 1.82) is 0 Å². The summed E-state index contributed by atoms with van der Waals surface area (Å²) in [6.45, 7) is 0. The molecule has 0 fully saturated rings. The van der Waals surface area contributed by atoms with Gasteiger partial charge in [-0.05, 0) is 0 Å². The van der Waals surface area contributed by atoms with Crippen molar-refractivity contribution in [3.8, 4) is 0 Å². The van der Waals surface area contributed by atoms with E-state index in [1.807, 2.05) is 0 Å². The Labute approximate surface area is 49.0 Å². The van der Waals surface area contributed by atoms with Crippen molar-refractivity contribution in [3.63, 3.8) is 0 Å². The minimum atomic E-state index is -3.79. The van der Waals surface area contributed by atoms with Crippen LogP contribution in [0.25, 0.3) is 0 Å². The van der Waals surface area contributed by atoms with Crippen LogP contribution in [-0.2, 0) is 0 Å². The first kappa shape index (κ1) is 8.27. The van der Waals surface area contributed by atoms with Gasteiger partial charge in [0, 0.05) is 0 Å². The Balaban J connectivity index is 3.39. The summed E-state index contributed by atoms with van der Waals surface area (Å²) in [5, 5.41) is 0. The molecule has 0 bridgehead atoms. The van der Waals surface area contributed by atoms with Crippen LogP contribution in [0.5, 0.6) is 0 Å². The Morgan fingerprint density at radius 2 is 1.62 bits per heavy atom. The van der Waals surface area contributed by atoms with Crippen LogP contribution < -0.4 is 0 Å². The molecule has 0 saturated carbocycles. The van der Waals surface area contributed by atoms with Crippen molar-refractivity contribution in [2.75, 3.05) is 20.4 Å². The quantitative estimate of drug-likeness (QED) is 0.430. The third-order valence-corrected chi connectivity index (χ3v) is 1.59. The molecule has 8 heavy (non-hydrogen) atoms. The molecule has 0 aromatic rings. The Morgan fingerprint density at radius 3 is 1.62 bits per heavy atom. The second-order valence-corrected chi connectivity index (χ2v) is 3.88. The summed E-state index contributed by atoms with van der Waals surface area (Å²) in [5.41, 5.74) is 0. The van der Waals surface area contributed by atoms with Gasteiger partial charge in [-0.3, -0.25) is 0 Å². The maximum atomic E-state index is 8.40. The maximum absolute atomic E-state index is 8.40. The SMILES string of the molecule is CN(C)C[PH](O)(O)O. The van der Waals surface area contributed by atoms with E-state index < -0.39 is 7.94 Å². The van der Waals surface area contributed by atoms with Crippen LogP contribution in [0.15, 0.2) is 0 Å². The Bertz CT molecular complexity index is 69.4. The molecule has 3 N–H and O–H groups in total. The van der Waals surface area contributed by atoms with Crippen LogP contribution in [-0.4, -0.2) is 40.0 Å². The zero-order chi connectivity index (χ0) is 6.78. The zero-order valence-corrected chi connectivity index (χ0v) is 6.00. The van der Waals surface area contributed by atoms with Gasteiger partial charge in [0.2, 0.25) is 0 Å². The first-order valence-corrected chi connectivity index (χ1v) is 4.28. The molecule has 5 heteroatoms. The van der Waals surface area contributed by atoms with Crippen LogP contribution in [0.1, 0.15) is 0 Å². The fourth-order valence-electron chi connectivity index (χ4n) is 0.424. The van der Waals surface area contributed by atoms with Crippen LogP contribution in [0.2, 0.25) is 0 Å². The molecule has 4 nitrogen and oxygen atoms in total. The molecular formula is C3H12NO3P. The standard InChI is InChI=1S/C3H12NO3P/c1-4(2)3-8(5,6)7/h5-8H,3H2,1-2H3. The van der Waals surface area contributed by atoms with Gasteiger partial charge in [0.05, 0.1) is 0 Å². The van der Waals surface area contributed by atoms with E-state index in [1.54, 1.807) is 14.1 Å². The molecule has 0 amide bonds. The van der Waals surface area contributed by atoms with E-state index >= 15 is 0 Å². The summed E-state index contributed by atoms with van der Waals surface area (Å²) in [7, 11) is -0.480. The molecule has 52 valence electrons. The van der Waals surface area contributed by atoms with Gasteiger partial charge in [-0.1, -0.05) is 0 Å². The number of hydrogen-bond donors (Lipinski definition) is 3. The molecule has 0 aromatic heterocycles. The Hall–Kier alpha value is 0.270. The zero-order valence-electron chi connectivity index (χ0n) is 5.00. The van der Waals surface area contributed by atoms with Crippen LogP contribution in [0.4, 0.5) is 0 Å². The monoisotopic (exact) mass is 141 g/mol. The molecule has 0 spiro atoms. The van der Waals surface area contributed by atoms with E-state index in [0.717, 1.165) is 0 Å². The average molecular weight is 141 g/mol. The Morgan fingerprint density at radius 1 is 1.25 bits per heavy atom. The van der Waals surface area contributed by atoms with Gasteiger partial charge in [0.25, 0.3) is 0 Å². The summed E-state index contributed by atoms with van der Waals surface area (Å²) >= 11 is 0. The fourth-order valence-corrected chi connectivity index (χ4v) is 1.27. The van der Waals surface area contributed by atoms with Crippen molar-refractivity contribution in [2.45, 2.75) is 0 Å². The molecule has 0 unspecified atom stereocenters. The number of hydrogen-bond acceptors (Lipinski definition) is 4. The molecule has 0 heterocycles. The first-order valence-electron chi connectivity index (χ1n) is 2.24. The van der Waals surface area contributed by atoms with Crippen LogP contribution >= 0.6 is 7.94 Å². The molecular weight excluding hydrogens is 129 g/mol. The van der Waals surface area contributed by atoms with Gasteiger partial charge in [-0.2, -0.15) is 0 Å². The van der Waals surface area contributed by atoms with Gasteiger partial charge in [0.15, 0.2) is 0 Å². The van der Waals surface area contributed by atoms with Crippen molar-refractivity contribution in [2.24, 2.45) is 0 Å². The van der Waals surface area contributed by atoms with Crippen molar-refractivity contribution < 1.29 is 14.7 Å². The normalized spacial score (nSPS) is 14.8. The predicted octanol–water partition coefficient (Wildman–Crippen LogP) is -1.02. The summed E-state index contributed by atoms with van der Waals surface area (Å²) in [6, 6.07) is 0. The number of rotatable bonds is 2. The molecule has 0 aromatic carbocycles. The molecule has 0 atom stereocenters. The molecule has 0 radical (unpaired) electrons. The second-order valence-electron chi connectivity index (χ2n) is 2.01. The van der Waals surface area contributed by atoms with E-state index in [-0.39, 0.29) is 6.29 Å². The molecule has 0 aliphatic carbocycles.